The molecule has 3 rings (SSSR count). The second kappa shape index (κ2) is 7.00. The van der Waals surface area contributed by atoms with Gasteiger partial charge in [0.2, 0.25) is 11.8 Å². The maximum atomic E-state index is 14.1. The minimum Gasteiger partial charge on any atom is -0.493 e. The minimum absolute atomic E-state index is 0.0455. The van der Waals surface area contributed by atoms with E-state index in [1.54, 1.807) is 6.07 Å². The summed E-state index contributed by atoms with van der Waals surface area (Å²) in [5.74, 6) is -0.414. The molecule has 7 heteroatoms. The summed E-state index contributed by atoms with van der Waals surface area (Å²) in [4.78, 5) is 25.7. The Morgan fingerprint density at radius 2 is 2.25 bits per heavy atom. The van der Waals surface area contributed by atoms with E-state index in [9.17, 15) is 14.0 Å². The Morgan fingerprint density at radius 1 is 1.42 bits per heavy atom. The number of nitrogens with one attached hydrogen (secondary N) is 1. The van der Waals surface area contributed by atoms with Crippen molar-refractivity contribution >= 4 is 11.8 Å². The summed E-state index contributed by atoms with van der Waals surface area (Å²) < 4.78 is 24.8. The average Bonchev–Trinajstić information content (AvgIpc) is 3.08. The Kier molecular flexibility index (Phi) is 4.80. The first-order valence-electron chi connectivity index (χ1n) is 7.83. The summed E-state index contributed by atoms with van der Waals surface area (Å²) >= 11 is 0. The standard InChI is InChI=1S/C17H19FN2O4/c1-2-16(21)20-6-8-23-10-14(20)17(22)19-9-12-11-5-7-24-15(11)4-3-13(12)18/h2-4,14H,1,5-10H2,(H,19,22)/t14-/m0/s1. The number of rotatable bonds is 4. The Bertz CT molecular complexity index is 677. The highest BCUT2D eigenvalue weighted by atomic mass is 19.1. The lowest BCUT2D eigenvalue weighted by Crippen LogP contribution is -2.55. The van der Waals surface area contributed by atoms with E-state index in [1.807, 2.05) is 0 Å². The molecule has 1 aromatic rings. The van der Waals surface area contributed by atoms with Crippen molar-refractivity contribution in [3.63, 3.8) is 0 Å². The predicted octanol–water partition coefficient (Wildman–Crippen LogP) is 0.790. The molecular formula is C17H19FN2O4. The number of halogens is 1. The zero-order chi connectivity index (χ0) is 17.1. The van der Waals surface area contributed by atoms with E-state index in [0.717, 1.165) is 5.56 Å². The van der Waals surface area contributed by atoms with Crippen LogP contribution in [0.5, 0.6) is 5.75 Å². The van der Waals surface area contributed by atoms with Gasteiger partial charge in [0.25, 0.3) is 0 Å². The zero-order valence-electron chi connectivity index (χ0n) is 13.2. The fourth-order valence-corrected chi connectivity index (χ4v) is 3.00. The summed E-state index contributed by atoms with van der Waals surface area (Å²) in [6.45, 7) is 4.82. The molecule has 24 heavy (non-hydrogen) atoms. The molecule has 2 heterocycles. The van der Waals surface area contributed by atoms with Crippen LogP contribution in [0.25, 0.3) is 0 Å². The fourth-order valence-electron chi connectivity index (χ4n) is 3.00. The normalized spacial score (nSPS) is 19.4. The Hall–Kier alpha value is -2.41. The van der Waals surface area contributed by atoms with Gasteiger partial charge in [0.1, 0.15) is 17.6 Å². The fraction of sp³-hybridized carbons (Fsp3) is 0.412. The van der Waals surface area contributed by atoms with Gasteiger partial charge < -0.3 is 19.7 Å². The van der Waals surface area contributed by atoms with Gasteiger partial charge in [-0.3, -0.25) is 9.59 Å². The number of fused-ring (bicyclic) bond motifs is 1. The van der Waals surface area contributed by atoms with Crippen molar-refractivity contribution in [1.29, 1.82) is 0 Å². The first-order chi connectivity index (χ1) is 11.6. The quantitative estimate of drug-likeness (QED) is 0.827. The number of hydrogen-bond donors (Lipinski definition) is 1. The molecular weight excluding hydrogens is 315 g/mol. The minimum atomic E-state index is -0.736. The zero-order valence-corrected chi connectivity index (χ0v) is 13.2. The van der Waals surface area contributed by atoms with E-state index in [-0.39, 0.29) is 30.8 Å². The molecule has 0 saturated carbocycles. The molecule has 1 N–H and O–H groups in total. The first kappa shape index (κ1) is 16.4. The molecule has 1 aromatic carbocycles. The molecule has 1 fully saturated rings. The number of nitrogens with zero attached hydrogens (tertiary/aromatic N) is 1. The number of hydrogen-bond acceptors (Lipinski definition) is 4. The van der Waals surface area contributed by atoms with Gasteiger partial charge in [0, 0.05) is 30.6 Å². The third-order valence-electron chi connectivity index (χ3n) is 4.27. The maximum Gasteiger partial charge on any atom is 0.246 e. The monoisotopic (exact) mass is 334 g/mol. The summed E-state index contributed by atoms with van der Waals surface area (Å²) in [6.07, 6.45) is 1.79. The van der Waals surface area contributed by atoms with Gasteiger partial charge in [-0.15, -0.1) is 0 Å². The molecule has 0 aliphatic carbocycles. The van der Waals surface area contributed by atoms with Gasteiger partial charge >= 0.3 is 0 Å². The second-order valence-electron chi connectivity index (χ2n) is 5.65. The molecule has 0 aromatic heterocycles. The molecule has 2 aliphatic rings. The van der Waals surface area contributed by atoms with Crippen LogP contribution in [0, 0.1) is 5.82 Å². The Balaban J connectivity index is 1.70. The van der Waals surface area contributed by atoms with E-state index in [0.29, 0.717) is 37.5 Å². The van der Waals surface area contributed by atoms with Crippen LogP contribution in [0.1, 0.15) is 11.1 Å². The molecule has 128 valence electrons. The topological polar surface area (TPSA) is 67.9 Å². The maximum absolute atomic E-state index is 14.1. The van der Waals surface area contributed by atoms with E-state index < -0.39 is 6.04 Å². The number of benzene rings is 1. The smallest absolute Gasteiger partial charge is 0.246 e. The lowest BCUT2D eigenvalue weighted by molar-refractivity contribution is -0.145. The number of ether oxygens (including phenoxy) is 2. The largest absolute Gasteiger partial charge is 0.493 e. The molecule has 0 spiro atoms. The van der Waals surface area contributed by atoms with Crippen molar-refractivity contribution in [2.45, 2.75) is 19.0 Å². The number of morpholine rings is 1. The highest BCUT2D eigenvalue weighted by molar-refractivity contribution is 5.92. The van der Waals surface area contributed by atoms with Gasteiger partial charge in [-0.2, -0.15) is 0 Å². The summed E-state index contributed by atoms with van der Waals surface area (Å²) in [6, 6.07) is 2.20. The van der Waals surface area contributed by atoms with E-state index in [4.69, 9.17) is 9.47 Å². The summed E-state index contributed by atoms with van der Waals surface area (Å²) in [5.41, 5.74) is 1.21. The van der Waals surface area contributed by atoms with Crippen molar-refractivity contribution < 1.29 is 23.5 Å². The SMILES string of the molecule is C=CC(=O)N1CCOC[C@H]1C(=O)NCc1c(F)ccc2c1CCO2. The average molecular weight is 334 g/mol. The third kappa shape index (κ3) is 3.12. The van der Waals surface area contributed by atoms with Crippen LogP contribution in [0.4, 0.5) is 4.39 Å². The van der Waals surface area contributed by atoms with E-state index in [2.05, 4.69) is 11.9 Å². The van der Waals surface area contributed by atoms with Crippen molar-refractivity contribution in [2.24, 2.45) is 0 Å². The molecule has 0 unspecified atom stereocenters. The summed E-state index contributed by atoms with van der Waals surface area (Å²) in [7, 11) is 0. The summed E-state index contributed by atoms with van der Waals surface area (Å²) in [5, 5.41) is 2.71. The van der Waals surface area contributed by atoms with Crippen LogP contribution in [0.3, 0.4) is 0 Å². The molecule has 2 amide bonds. The van der Waals surface area contributed by atoms with Crippen LogP contribution in [-0.4, -0.2) is 49.1 Å². The predicted molar refractivity (Wildman–Crippen MR) is 84.0 cm³/mol. The lowest BCUT2D eigenvalue weighted by Gasteiger charge is -2.33. The number of carbonyl (C=O) groups excluding carboxylic acids is 2. The Morgan fingerprint density at radius 3 is 3.04 bits per heavy atom. The van der Waals surface area contributed by atoms with Crippen LogP contribution in [-0.2, 0) is 27.3 Å². The van der Waals surface area contributed by atoms with Crippen LogP contribution in [0.2, 0.25) is 0 Å². The van der Waals surface area contributed by atoms with Gasteiger partial charge in [-0.1, -0.05) is 6.58 Å². The molecule has 0 bridgehead atoms. The molecule has 1 saturated heterocycles. The van der Waals surface area contributed by atoms with Crippen LogP contribution >= 0.6 is 0 Å². The highest BCUT2D eigenvalue weighted by Gasteiger charge is 2.32. The van der Waals surface area contributed by atoms with E-state index in [1.165, 1.54) is 17.0 Å². The first-order valence-corrected chi connectivity index (χ1v) is 7.83. The molecule has 0 radical (unpaired) electrons. The molecule has 2 aliphatic heterocycles. The molecule has 1 atom stereocenters. The third-order valence-corrected chi connectivity index (χ3v) is 4.27. The number of amides is 2. The highest BCUT2D eigenvalue weighted by Crippen LogP contribution is 2.30. The van der Waals surface area contributed by atoms with Crippen molar-refractivity contribution in [2.75, 3.05) is 26.4 Å². The van der Waals surface area contributed by atoms with Gasteiger partial charge in [0.05, 0.1) is 19.8 Å². The van der Waals surface area contributed by atoms with Crippen molar-refractivity contribution in [1.82, 2.24) is 10.2 Å². The lowest BCUT2D eigenvalue weighted by atomic mass is 10.0. The van der Waals surface area contributed by atoms with Crippen LogP contribution < -0.4 is 10.1 Å². The van der Waals surface area contributed by atoms with Gasteiger partial charge in [-0.05, 0) is 18.2 Å². The molecule has 6 nitrogen and oxygen atoms in total. The second-order valence-corrected chi connectivity index (χ2v) is 5.65. The van der Waals surface area contributed by atoms with Gasteiger partial charge in [-0.25, -0.2) is 4.39 Å². The van der Waals surface area contributed by atoms with E-state index >= 15 is 0 Å². The Labute approximate surface area is 139 Å². The van der Waals surface area contributed by atoms with Crippen molar-refractivity contribution in [3.05, 3.63) is 41.7 Å². The van der Waals surface area contributed by atoms with Crippen molar-refractivity contribution in [3.8, 4) is 5.75 Å². The number of carbonyl (C=O) groups is 2. The van der Waals surface area contributed by atoms with Crippen LogP contribution in [0.15, 0.2) is 24.8 Å². The van der Waals surface area contributed by atoms with Gasteiger partial charge in [0.15, 0.2) is 0 Å².